The predicted octanol–water partition coefficient (Wildman–Crippen LogP) is -0.243. The topological polar surface area (TPSA) is 44.6 Å². The molecule has 0 aliphatic carbocycles. The molecule has 0 amide bonds. The molecule has 1 heterocycles. The third-order valence-corrected chi connectivity index (χ3v) is 1.56. The molecule has 2 N–H and O–H groups in total. The smallest absolute Gasteiger partial charge is 0.0948 e. The molecule has 0 aromatic carbocycles. The molecule has 3 nitrogen and oxygen atoms in total. The van der Waals surface area contributed by atoms with Gasteiger partial charge >= 0.3 is 0 Å². The van der Waals surface area contributed by atoms with Crippen molar-refractivity contribution in [3.63, 3.8) is 0 Å². The summed E-state index contributed by atoms with van der Waals surface area (Å²) in [5.74, 6) is 0.932. The highest BCUT2D eigenvalue weighted by Gasteiger charge is 2.20. The second-order valence-electron chi connectivity index (χ2n) is 2.40. The molecule has 3 heteroatoms. The van der Waals surface area contributed by atoms with Gasteiger partial charge in [0.1, 0.15) is 0 Å². The molecule has 0 saturated heterocycles. The fourth-order valence-corrected chi connectivity index (χ4v) is 1.02. The van der Waals surface area contributed by atoms with Gasteiger partial charge in [-0.2, -0.15) is 0 Å². The highest BCUT2D eigenvalue weighted by atomic mass is 16.3. The zero-order valence-electron chi connectivity index (χ0n) is 5.76. The van der Waals surface area contributed by atoms with Crippen LogP contribution in [0.4, 0.5) is 0 Å². The van der Waals surface area contributed by atoms with Crippen molar-refractivity contribution in [1.29, 1.82) is 0 Å². The summed E-state index contributed by atoms with van der Waals surface area (Å²) in [6, 6.07) is 0.375. The van der Waals surface area contributed by atoms with Gasteiger partial charge in [0, 0.05) is 6.04 Å². The predicted molar refractivity (Wildman–Crippen MR) is 36.6 cm³/mol. The Morgan fingerprint density at radius 3 is 2.67 bits per heavy atom. The summed E-state index contributed by atoms with van der Waals surface area (Å²) in [5, 5.41) is 11.8. The Kier molecular flexibility index (Phi) is 1.71. The first-order chi connectivity index (χ1) is 4.24. The number of aliphatic imine (C=N–C) groups is 1. The molecule has 0 saturated carbocycles. The Morgan fingerprint density at radius 1 is 1.78 bits per heavy atom. The van der Waals surface area contributed by atoms with E-state index in [-0.39, 0.29) is 12.6 Å². The van der Waals surface area contributed by atoms with E-state index in [0.29, 0.717) is 6.04 Å². The number of amidine groups is 1. The molecule has 0 unspecified atom stereocenters. The minimum absolute atomic E-state index is 0.0741. The van der Waals surface area contributed by atoms with Gasteiger partial charge in [0.15, 0.2) is 0 Å². The van der Waals surface area contributed by atoms with E-state index in [9.17, 15) is 0 Å². The molecule has 2 atom stereocenters. The molecule has 0 radical (unpaired) electrons. The van der Waals surface area contributed by atoms with Crippen molar-refractivity contribution in [2.45, 2.75) is 25.9 Å². The maximum atomic E-state index is 8.71. The second-order valence-corrected chi connectivity index (χ2v) is 2.40. The molecule has 0 aromatic rings. The van der Waals surface area contributed by atoms with Crippen molar-refractivity contribution in [1.82, 2.24) is 5.32 Å². The van der Waals surface area contributed by atoms with Gasteiger partial charge in [0.2, 0.25) is 0 Å². The molecule has 0 aromatic heterocycles. The van der Waals surface area contributed by atoms with Gasteiger partial charge in [0.05, 0.1) is 18.5 Å². The van der Waals surface area contributed by atoms with Crippen LogP contribution in [0.5, 0.6) is 0 Å². The number of aliphatic hydroxyl groups excluding tert-OH is 1. The lowest BCUT2D eigenvalue weighted by Crippen LogP contribution is -2.32. The first-order valence-electron chi connectivity index (χ1n) is 3.16. The third kappa shape index (κ3) is 1.21. The number of nitrogens with one attached hydrogen (secondary N) is 1. The van der Waals surface area contributed by atoms with Crippen LogP contribution in [-0.2, 0) is 0 Å². The van der Waals surface area contributed by atoms with E-state index >= 15 is 0 Å². The Bertz CT molecular complexity index is 133. The van der Waals surface area contributed by atoms with Gasteiger partial charge in [-0.25, -0.2) is 0 Å². The highest BCUT2D eigenvalue weighted by Crippen LogP contribution is 2.04. The van der Waals surface area contributed by atoms with Crippen LogP contribution in [-0.4, -0.2) is 29.6 Å². The highest BCUT2D eigenvalue weighted by molar-refractivity contribution is 5.81. The number of hydrogen-bond acceptors (Lipinski definition) is 3. The fourth-order valence-electron chi connectivity index (χ4n) is 1.02. The van der Waals surface area contributed by atoms with E-state index < -0.39 is 0 Å². The zero-order chi connectivity index (χ0) is 6.85. The van der Waals surface area contributed by atoms with Gasteiger partial charge in [-0.05, 0) is 13.8 Å². The molecule has 1 aliphatic rings. The quantitative estimate of drug-likeness (QED) is 0.512. The first kappa shape index (κ1) is 6.55. The van der Waals surface area contributed by atoms with E-state index in [1.54, 1.807) is 0 Å². The molecule has 0 spiro atoms. The van der Waals surface area contributed by atoms with Crippen LogP contribution in [0.2, 0.25) is 0 Å². The van der Waals surface area contributed by atoms with Crippen molar-refractivity contribution in [2.24, 2.45) is 4.99 Å². The van der Waals surface area contributed by atoms with Crippen molar-refractivity contribution >= 4 is 5.84 Å². The summed E-state index contributed by atoms with van der Waals surface area (Å²) >= 11 is 0. The molecular weight excluding hydrogens is 116 g/mol. The van der Waals surface area contributed by atoms with Crippen molar-refractivity contribution in [2.75, 3.05) is 6.61 Å². The largest absolute Gasteiger partial charge is 0.394 e. The number of nitrogens with zero attached hydrogens (tertiary/aromatic N) is 1. The molecule has 1 rings (SSSR count). The molecule has 52 valence electrons. The van der Waals surface area contributed by atoms with Crippen molar-refractivity contribution in [3.8, 4) is 0 Å². The maximum absolute atomic E-state index is 8.71. The van der Waals surface area contributed by atoms with Crippen molar-refractivity contribution < 1.29 is 5.11 Å². The van der Waals surface area contributed by atoms with E-state index in [0.717, 1.165) is 5.84 Å². The van der Waals surface area contributed by atoms with Gasteiger partial charge in [0.25, 0.3) is 0 Å². The number of hydrogen-bond donors (Lipinski definition) is 2. The summed E-state index contributed by atoms with van der Waals surface area (Å²) in [7, 11) is 0. The summed E-state index contributed by atoms with van der Waals surface area (Å²) in [6.07, 6.45) is 0. The lowest BCUT2D eigenvalue weighted by atomic mass is 10.2. The van der Waals surface area contributed by atoms with Gasteiger partial charge in [-0.15, -0.1) is 0 Å². The standard InChI is InChI=1S/C6H12N2O/c1-4-6(3-9)8-5(2)7-4/h4,6,9H,3H2,1-2H3,(H,7,8)/t4-,6-/m0/s1. The third-order valence-electron chi connectivity index (χ3n) is 1.56. The van der Waals surface area contributed by atoms with Crippen LogP contribution in [0, 0.1) is 0 Å². The fraction of sp³-hybridized carbons (Fsp3) is 0.833. The van der Waals surface area contributed by atoms with Crippen LogP contribution in [0.1, 0.15) is 13.8 Å². The summed E-state index contributed by atoms with van der Waals surface area (Å²) in [4.78, 5) is 4.14. The maximum Gasteiger partial charge on any atom is 0.0948 e. The minimum Gasteiger partial charge on any atom is -0.394 e. The zero-order valence-corrected chi connectivity index (χ0v) is 5.76. The number of aliphatic hydroxyl groups is 1. The first-order valence-corrected chi connectivity index (χ1v) is 3.16. The van der Waals surface area contributed by atoms with Crippen LogP contribution >= 0.6 is 0 Å². The van der Waals surface area contributed by atoms with Crippen LogP contribution in [0.25, 0.3) is 0 Å². The van der Waals surface area contributed by atoms with Crippen LogP contribution < -0.4 is 5.32 Å². The monoisotopic (exact) mass is 128 g/mol. The average molecular weight is 128 g/mol. The van der Waals surface area contributed by atoms with E-state index in [4.69, 9.17) is 5.11 Å². The molecule has 1 aliphatic heterocycles. The summed E-state index contributed by atoms with van der Waals surface area (Å²) in [5.41, 5.74) is 0. The van der Waals surface area contributed by atoms with Gasteiger partial charge < -0.3 is 10.4 Å². The molecule has 9 heavy (non-hydrogen) atoms. The summed E-state index contributed by atoms with van der Waals surface area (Å²) < 4.78 is 0. The molecular formula is C6H12N2O. The van der Waals surface area contributed by atoms with Crippen molar-refractivity contribution in [3.05, 3.63) is 0 Å². The van der Waals surface area contributed by atoms with E-state index in [1.807, 2.05) is 13.8 Å². The van der Waals surface area contributed by atoms with Gasteiger partial charge in [-0.3, -0.25) is 4.99 Å². The lowest BCUT2D eigenvalue weighted by molar-refractivity contribution is 0.256. The lowest BCUT2D eigenvalue weighted by Gasteiger charge is -2.08. The minimum atomic E-state index is 0.0741. The average Bonchev–Trinajstić information content (AvgIpc) is 2.10. The van der Waals surface area contributed by atoms with Crippen LogP contribution in [0.3, 0.4) is 0 Å². The van der Waals surface area contributed by atoms with E-state index in [1.165, 1.54) is 0 Å². The van der Waals surface area contributed by atoms with E-state index in [2.05, 4.69) is 10.3 Å². The Morgan fingerprint density at radius 2 is 2.44 bits per heavy atom. The van der Waals surface area contributed by atoms with Gasteiger partial charge in [-0.1, -0.05) is 0 Å². The Labute approximate surface area is 54.8 Å². The summed E-state index contributed by atoms with van der Waals surface area (Å²) in [6.45, 7) is 4.07. The molecule has 0 fully saturated rings. The molecule has 0 bridgehead atoms. The Balaban J connectivity index is 2.53. The van der Waals surface area contributed by atoms with Crippen LogP contribution in [0.15, 0.2) is 4.99 Å². The number of rotatable bonds is 1. The normalized spacial score (nSPS) is 33.9. The Hall–Kier alpha value is -0.570. The SMILES string of the molecule is CC1=N[C@@H](CO)[C@H](C)N1. The second kappa shape index (κ2) is 2.35.